The van der Waals surface area contributed by atoms with Crippen molar-refractivity contribution in [2.75, 3.05) is 0 Å². The molecule has 1 saturated carbocycles. The molecular formula is C25H37O3Si. The third-order valence-electron chi connectivity index (χ3n) is 6.12. The fourth-order valence-electron chi connectivity index (χ4n) is 3.96. The van der Waals surface area contributed by atoms with Crippen LogP contribution in [0.2, 0.25) is 6.04 Å². The highest BCUT2D eigenvalue weighted by Gasteiger charge is 2.26. The molecule has 1 aromatic carbocycles. The summed E-state index contributed by atoms with van der Waals surface area (Å²) in [5.41, 5.74) is 4.59. The van der Waals surface area contributed by atoms with E-state index in [1.165, 1.54) is 50.1 Å². The lowest BCUT2D eigenvalue weighted by Gasteiger charge is -2.23. The number of hydrogen-bond acceptors (Lipinski definition) is 3. The van der Waals surface area contributed by atoms with Gasteiger partial charge >= 0.3 is 5.97 Å². The Kier molecular flexibility index (Phi) is 10.4. The van der Waals surface area contributed by atoms with E-state index in [0.717, 1.165) is 37.8 Å². The van der Waals surface area contributed by atoms with Crippen LogP contribution in [0.1, 0.15) is 87.9 Å². The van der Waals surface area contributed by atoms with Gasteiger partial charge in [0.25, 0.3) is 0 Å². The molecule has 1 aromatic rings. The molecule has 1 radical (unpaired) electrons. The van der Waals surface area contributed by atoms with E-state index in [9.17, 15) is 4.79 Å². The zero-order chi connectivity index (χ0) is 21.0. The molecular weight excluding hydrogens is 376 g/mol. The molecule has 0 unspecified atom stereocenters. The lowest BCUT2D eigenvalue weighted by molar-refractivity contribution is -0.237. The number of carbonyl (C=O) groups is 1. The number of hydrogen-bond donors (Lipinski definition) is 0. The summed E-state index contributed by atoms with van der Waals surface area (Å²) in [6.07, 6.45) is 13.9. The Morgan fingerprint density at radius 1 is 0.897 bits per heavy atom. The molecule has 4 heteroatoms. The van der Waals surface area contributed by atoms with Crippen molar-refractivity contribution < 1.29 is 14.6 Å². The predicted molar refractivity (Wildman–Crippen MR) is 123 cm³/mol. The first-order valence-corrected chi connectivity index (χ1v) is 13.6. The highest BCUT2D eigenvalue weighted by atomic mass is 28.3. The SMILES string of the molecule is C=C[Si](C=C)(CC)c1ccc(C(=O)OO[C]2CCCCCCCCCCC2)cc1. The summed E-state index contributed by atoms with van der Waals surface area (Å²) in [6.45, 7) is 10.2. The summed E-state index contributed by atoms with van der Waals surface area (Å²) in [7, 11) is -1.88. The van der Waals surface area contributed by atoms with E-state index in [-0.39, 0.29) is 0 Å². The van der Waals surface area contributed by atoms with E-state index in [0.29, 0.717) is 5.56 Å². The van der Waals surface area contributed by atoms with Crippen LogP contribution in [-0.2, 0) is 9.78 Å². The van der Waals surface area contributed by atoms with Gasteiger partial charge < -0.3 is 0 Å². The standard InChI is InChI=1S/C25H37O3Si/c1-4-29(5-2,6-3)24-20-18-22(19-21-24)25(26)28-27-23-16-14-12-10-8-7-9-11-13-15-17-23/h4-5,18-21H,1-2,6-17H2,3H3. The van der Waals surface area contributed by atoms with E-state index in [1.54, 1.807) is 0 Å². The molecule has 0 saturated heterocycles. The Hall–Kier alpha value is -1.65. The molecule has 3 nitrogen and oxygen atoms in total. The van der Waals surface area contributed by atoms with Crippen molar-refractivity contribution in [2.24, 2.45) is 0 Å². The van der Waals surface area contributed by atoms with Gasteiger partial charge in [-0.15, -0.1) is 13.2 Å². The van der Waals surface area contributed by atoms with Gasteiger partial charge in [-0.25, -0.2) is 4.79 Å². The monoisotopic (exact) mass is 413 g/mol. The molecule has 29 heavy (non-hydrogen) atoms. The summed E-state index contributed by atoms with van der Waals surface area (Å²) in [5.74, 6) is -0.434. The van der Waals surface area contributed by atoms with Crippen LogP contribution < -0.4 is 5.19 Å². The van der Waals surface area contributed by atoms with Crippen LogP contribution in [0, 0.1) is 6.10 Å². The van der Waals surface area contributed by atoms with Crippen molar-refractivity contribution >= 4 is 19.2 Å². The molecule has 1 fully saturated rings. The molecule has 0 N–H and O–H groups in total. The van der Waals surface area contributed by atoms with Crippen LogP contribution in [0.25, 0.3) is 0 Å². The van der Waals surface area contributed by atoms with E-state index in [2.05, 4.69) is 20.1 Å². The second kappa shape index (κ2) is 12.8. The third-order valence-corrected chi connectivity index (χ3v) is 10.2. The highest BCUT2D eigenvalue weighted by Crippen LogP contribution is 2.24. The second-order valence-electron chi connectivity index (χ2n) is 8.05. The maximum absolute atomic E-state index is 12.4. The van der Waals surface area contributed by atoms with E-state index < -0.39 is 14.0 Å². The smallest absolute Gasteiger partial charge is 0.292 e. The fraction of sp³-hybridized carbons (Fsp3) is 0.520. The van der Waals surface area contributed by atoms with Gasteiger partial charge in [0, 0.05) is 0 Å². The molecule has 1 aliphatic rings. The van der Waals surface area contributed by atoms with Crippen molar-refractivity contribution in [1.82, 2.24) is 0 Å². The first-order chi connectivity index (χ1) is 14.1. The minimum absolute atomic E-state index is 0.434. The Morgan fingerprint density at radius 2 is 1.38 bits per heavy atom. The Morgan fingerprint density at radius 3 is 1.83 bits per heavy atom. The number of carbonyl (C=O) groups excluding carboxylic acids is 1. The highest BCUT2D eigenvalue weighted by molar-refractivity contribution is 6.99. The average Bonchev–Trinajstić information content (AvgIpc) is 2.75. The summed E-state index contributed by atoms with van der Waals surface area (Å²) in [6, 6.07) is 8.64. The van der Waals surface area contributed by atoms with Crippen molar-refractivity contribution in [2.45, 2.75) is 83.6 Å². The lowest BCUT2D eigenvalue weighted by atomic mass is 9.99. The van der Waals surface area contributed by atoms with Gasteiger partial charge in [0.2, 0.25) is 0 Å². The van der Waals surface area contributed by atoms with Crippen molar-refractivity contribution in [1.29, 1.82) is 0 Å². The zero-order valence-corrected chi connectivity index (χ0v) is 19.1. The van der Waals surface area contributed by atoms with Gasteiger partial charge in [0.1, 0.15) is 14.2 Å². The van der Waals surface area contributed by atoms with Crippen LogP contribution in [-0.4, -0.2) is 14.0 Å². The van der Waals surface area contributed by atoms with Gasteiger partial charge in [-0.2, -0.15) is 4.89 Å². The first-order valence-electron chi connectivity index (χ1n) is 11.3. The molecule has 0 spiro atoms. The Bertz CT molecular complexity index is 618. The summed E-state index contributed by atoms with van der Waals surface area (Å²) in [5, 5.41) is 1.20. The maximum Gasteiger partial charge on any atom is 0.373 e. The van der Waals surface area contributed by atoms with Gasteiger partial charge in [-0.05, 0) is 31.0 Å². The normalized spacial score (nSPS) is 17.6. The van der Waals surface area contributed by atoms with Crippen LogP contribution in [0.15, 0.2) is 48.8 Å². The molecule has 0 atom stereocenters. The van der Waals surface area contributed by atoms with Gasteiger partial charge in [0.05, 0.1) is 5.56 Å². The molecule has 0 bridgehead atoms. The molecule has 0 heterocycles. The quantitative estimate of drug-likeness (QED) is 0.282. The largest absolute Gasteiger partial charge is 0.373 e. The van der Waals surface area contributed by atoms with Gasteiger partial charge in [0.15, 0.2) is 0 Å². The molecule has 0 amide bonds. The fourth-order valence-corrected chi connectivity index (χ4v) is 6.37. The molecule has 2 rings (SSSR count). The second-order valence-corrected chi connectivity index (χ2v) is 12.2. The summed E-state index contributed by atoms with van der Waals surface area (Å²) < 4.78 is 0. The molecule has 0 aliphatic heterocycles. The average molecular weight is 414 g/mol. The van der Waals surface area contributed by atoms with E-state index in [4.69, 9.17) is 9.78 Å². The van der Waals surface area contributed by atoms with Crippen LogP contribution >= 0.6 is 0 Å². The third kappa shape index (κ3) is 7.27. The zero-order valence-electron chi connectivity index (χ0n) is 18.1. The summed E-state index contributed by atoms with van der Waals surface area (Å²) >= 11 is 0. The van der Waals surface area contributed by atoms with Crippen LogP contribution in [0.3, 0.4) is 0 Å². The van der Waals surface area contributed by atoms with Crippen molar-refractivity contribution in [3.05, 3.63) is 60.5 Å². The van der Waals surface area contributed by atoms with Gasteiger partial charge in [-0.1, -0.05) is 93.4 Å². The van der Waals surface area contributed by atoms with E-state index >= 15 is 0 Å². The first kappa shape index (κ1) is 23.6. The van der Waals surface area contributed by atoms with E-state index in [1.807, 2.05) is 35.7 Å². The van der Waals surface area contributed by atoms with Crippen molar-refractivity contribution in [3.8, 4) is 0 Å². The number of benzene rings is 1. The maximum atomic E-state index is 12.4. The lowest BCUT2D eigenvalue weighted by Crippen LogP contribution is -2.43. The van der Waals surface area contributed by atoms with Crippen LogP contribution in [0.4, 0.5) is 0 Å². The molecule has 1 aliphatic carbocycles. The number of rotatable bonds is 7. The molecule has 159 valence electrons. The minimum Gasteiger partial charge on any atom is -0.292 e. The topological polar surface area (TPSA) is 35.5 Å². The van der Waals surface area contributed by atoms with Gasteiger partial charge in [-0.3, -0.25) is 4.89 Å². The van der Waals surface area contributed by atoms with Crippen molar-refractivity contribution in [3.63, 3.8) is 0 Å². The summed E-state index contributed by atoms with van der Waals surface area (Å²) in [4.78, 5) is 23.1. The van der Waals surface area contributed by atoms with Crippen LogP contribution in [0.5, 0.6) is 0 Å². The Balaban J connectivity index is 1.91. The predicted octanol–water partition coefficient (Wildman–Crippen LogP) is 6.74. The molecule has 0 aromatic heterocycles. The minimum atomic E-state index is -1.88. The Labute approximate surface area is 178 Å².